The smallest absolute Gasteiger partial charge is 0.263 e. The highest BCUT2D eigenvalue weighted by Gasteiger charge is 2.19. The molecular weight excluding hydrogens is 454 g/mol. The Morgan fingerprint density at radius 3 is 2.81 bits per heavy atom. The third kappa shape index (κ3) is 5.88. The molecule has 6 nitrogen and oxygen atoms in total. The van der Waals surface area contributed by atoms with Crippen LogP contribution in [0.4, 0.5) is 0 Å². The van der Waals surface area contributed by atoms with Gasteiger partial charge in [0, 0.05) is 35.2 Å². The molecule has 2 heterocycles. The van der Waals surface area contributed by atoms with E-state index in [2.05, 4.69) is 19.2 Å². The number of rotatable bonds is 10. The van der Waals surface area contributed by atoms with Crippen LogP contribution < -0.4 is 10.9 Å². The number of aromatic nitrogens is 2. The van der Waals surface area contributed by atoms with Crippen LogP contribution in [0.25, 0.3) is 21.3 Å². The lowest BCUT2D eigenvalue weighted by Gasteiger charge is -2.12. The maximum absolute atomic E-state index is 13.4. The van der Waals surface area contributed by atoms with Gasteiger partial charge in [0.1, 0.15) is 4.83 Å². The quantitative estimate of drug-likeness (QED) is 0.337. The van der Waals surface area contributed by atoms with Crippen molar-refractivity contribution in [3.63, 3.8) is 0 Å². The molecule has 2 aromatic heterocycles. The molecule has 0 fully saturated rings. The Balaban J connectivity index is 1.92. The summed E-state index contributed by atoms with van der Waals surface area (Å²) in [4.78, 5) is 31.0. The van der Waals surface area contributed by atoms with E-state index in [1.165, 1.54) is 23.1 Å². The molecule has 3 aromatic rings. The van der Waals surface area contributed by atoms with E-state index >= 15 is 0 Å². The first kappa shape index (κ1) is 23.8. The summed E-state index contributed by atoms with van der Waals surface area (Å²) in [7, 11) is 1.59. The van der Waals surface area contributed by atoms with Crippen LogP contribution in [0.15, 0.2) is 39.6 Å². The predicted molar refractivity (Wildman–Crippen MR) is 129 cm³/mol. The first-order valence-corrected chi connectivity index (χ1v) is 12.3. The van der Waals surface area contributed by atoms with Crippen LogP contribution in [0.3, 0.4) is 0 Å². The molecule has 0 atom stereocenters. The molecule has 1 aromatic carbocycles. The molecule has 0 bridgehead atoms. The molecule has 3 rings (SSSR count). The van der Waals surface area contributed by atoms with E-state index in [-0.39, 0.29) is 17.2 Å². The third-order valence-electron chi connectivity index (χ3n) is 4.72. The molecule has 0 aliphatic rings. The molecule has 0 saturated carbocycles. The van der Waals surface area contributed by atoms with E-state index in [4.69, 9.17) is 21.3 Å². The summed E-state index contributed by atoms with van der Waals surface area (Å²) in [5.74, 6) is 0.662. The molecule has 1 N–H and O–H groups in total. The number of carbonyl (C=O) groups is 1. The molecule has 0 saturated heterocycles. The Hall–Kier alpha value is -1.87. The van der Waals surface area contributed by atoms with Crippen LogP contribution in [0.1, 0.15) is 20.3 Å². The number of amides is 1. The lowest BCUT2D eigenvalue weighted by molar-refractivity contribution is -0.118. The molecule has 0 radical (unpaired) electrons. The first-order chi connectivity index (χ1) is 14.9. The second-order valence-electron chi connectivity index (χ2n) is 7.47. The van der Waals surface area contributed by atoms with Crippen LogP contribution >= 0.6 is 34.7 Å². The zero-order chi connectivity index (χ0) is 22.4. The number of halogens is 1. The molecular formula is C22H26ClN3O3S2. The Labute approximate surface area is 195 Å². The zero-order valence-electron chi connectivity index (χ0n) is 17.8. The summed E-state index contributed by atoms with van der Waals surface area (Å²) in [6.45, 7) is 5.60. The van der Waals surface area contributed by atoms with E-state index in [9.17, 15) is 9.59 Å². The number of nitrogens with one attached hydrogen (secondary N) is 1. The third-order valence-corrected chi connectivity index (χ3v) is 6.90. The Bertz CT molecular complexity index is 1110. The molecule has 0 aliphatic heterocycles. The van der Waals surface area contributed by atoms with Gasteiger partial charge in [0.15, 0.2) is 5.16 Å². The number of nitrogens with zero attached hydrogens (tertiary/aromatic N) is 2. The van der Waals surface area contributed by atoms with Gasteiger partial charge < -0.3 is 10.1 Å². The van der Waals surface area contributed by atoms with Gasteiger partial charge in [-0.3, -0.25) is 14.2 Å². The van der Waals surface area contributed by atoms with Crippen molar-refractivity contribution in [2.24, 2.45) is 5.92 Å². The van der Waals surface area contributed by atoms with E-state index < -0.39 is 0 Å². The summed E-state index contributed by atoms with van der Waals surface area (Å²) in [6, 6.07) is 7.45. The van der Waals surface area contributed by atoms with Gasteiger partial charge in [-0.25, -0.2) is 4.98 Å². The standard InChI is InChI=1S/C22H26ClN3O3S2/c1-14(2)8-9-24-18(27)13-31-22-25-20-19(21(28)26(22)10-11-29-3)16(12-30-20)15-6-4-5-7-17(15)23/h4-7,12,14H,8-11,13H2,1-3H3,(H,24,27). The number of thioether (sulfide) groups is 1. The van der Waals surface area contributed by atoms with E-state index in [1.807, 2.05) is 23.6 Å². The summed E-state index contributed by atoms with van der Waals surface area (Å²) < 4.78 is 6.78. The minimum atomic E-state index is -0.152. The number of benzene rings is 1. The highest BCUT2D eigenvalue weighted by molar-refractivity contribution is 7.99. The van der Waals surface area contributed by atoms with Crippen molar-refractivity contribution in [3.8, 4) is 11.1 Å². The minimum Gasteiger partial charge on any atom is -0.383 e. The lowest BCUT2D eigenvalue weighted by Crippen LogP contribution is -2.28. The normalized spacial score (nSPS) is 11.4. The van der Waals surface area contributed by atoms with Crippen molar-refractivity contribution < 1.29 is 9.53 Å². The molecule has 166 valence electrons. The van der Waals surface area contributed by atoms with Crippen LogP contribution in [-0.4, -0.2) is 41.5 Å². The van der Waals surface area contributed by atoms with Gasteiger partial charge in [-0.15, -0.1) is 11.3 Å². The largest absolute Gasteiger partial charge is 0.383 e. The molecule has 1 amide bonds. The van der Waals surface area contributed by atoms with Crippen molar-refractivity contribution in [2.75, 3.05) is 26.0 Å². The monoisotopic (exact) mass is 479 g/mol. The van der Waals surface area contributed by atoms with Gasteiger partial charge in [0.05, 0.1) is 24.3 Å². The Kier molecular flexibility index (Phi) is 8.54. The number of ether oxygens (including phenoxy) is 1. The second kappa shape index (κ2) is 11.1. The SMILES string of the molecule is COCCn1c(SCC(=O)NCCC(C)C)nc2scc(-c3ccccc3Cl)c2c1=O. The van der Waals surface area contributed by atoms with Gasteiger partial charge >= 0.3 is 0 Å². The average Bonchev–Trinajstić information content (AvgIpc) is 3.16. The highest BCUT2D eigenvalue weighted by atomic mass is 35.5. The summed E-state index contributed by atoms with van der Waals surface area (Å²) >= 11 is 9.04. The maximum Gasteiger partial charge on any atom is 0.263 e. The van der Waals surface area contributed by atoms with Gasteiger partial charge in [-0.2, -0.15) is 0 Å². The first-order valence-electron chi connectivity index (χ1n) is 10.1. The summed E-state index contributed by atoms with van der Waals surface area (Å²) in [5.41, 5.74) is 1.43. The number of methoxy groups -OCH3 is 1. The van der Waals surface area contributed by atoms with Crippen molar-refractivity contribution in [3.05, 3.63) is 45.0 Å². The fraction of sp³-hybridized carbons (Fsp3) is 0.409. The fourth-order valence-electron chi connectivity index (χ4n) is 3.05. The Morgan fingerprint density at radius 1 is 1.32 bits per heavy atom. The van der Waals surface area contributed by atoms with E-state index in [1.54, 1.807) is 17.7 Å². The van der Waals surface area contributed by atoms with Gasteiger partial charge in [0.2, 0.25) is 5.91 Å². The van der Waals surface area contributed by atoms with Crippen LogP contribution in [-0.2, 0) is 16.1 Å². The van der Waals surface area contributed by atoms with Gasteiger partial charge in [-0.1, -0.05) is 55.4 Å². The number of thiophene rings is 1. The zero-order valence-corrected chi connectivity index (χ0v) is 20.2. The van der Waals surface area contributed by atoms with Crippen LogP contribution in [0.5, 0.6) is 0 Å². The van der Waals surface area contributed by atoms with E-state index in [0.29, 0.717) is 46.0 Å². The van der Waals surface area contributed by atoms with Crippen molar-refractivity contribution in [2.45, 2.75) is 32.0 Å². The summed E-state index contributed by atoms with van der Waals surface area (Å²) in [5, 5.41) is 6.47. The van der Waals surface area contributed by atoms with Gasteiger partial charge in [-0.05, 0) is 18.4 Å². The van der Waals surface area contributed by atoms with E-state index in [0.717, 1.165) is 17.5 Å². The number of hydrogen-bond donors (Lipinski definition) is 1. The van der Waals surface area contributed by atoms with Crippen molar-refractivity contribution >= 4 is 50.8 Å². The lowest BCUT2D eigenvalue weighted by atomic mass is 10.1. The maximum atomic E-state index is 13.4. The van der Waals surface area contributed by atoms with Gasteiger partial charge in [0.25, 0.3) is 5.56 Å². The molecule has 0 spiro atoms. The summed E-state index contributed by atoms with van der Waals surface area (Å²) in [6.07, 6.45) is 0.930. The predicted octanol–water partition coefficient (Wildman–Crippen LogP) is 4.68. The number of fused-ring (bicyclic) bond motifs is 1. The molecule has 0 aliphatic carbocycles. The Morgan fingerprint density at radius 2 is 2.10 bits per heavy atom. The average molecular weight is 480 g/mol. The number of carbonyl (C=O) groups excluding carboxylic acids is 1. The minimum absolute atomic E-state index is 0.0683. The molecule has 31 heavy (non-hydrogen) atoms. The van der Waals surface area contributed by atoms with Crippen molar-refractivity contribution in [1.82, 2.24) is 14.9 Å². The number of hydrogen-bond acceptors (Lipinski definition) is 6. The van der Waals surface area contributed by atoms with Crippen LogP contribution in [0.2, 0.25) is 5.02 Å². The van der Waals surface area contributed by atoms with Crippen molar-refractivity contribution in [1.29, 1.82) is 0 Å². The fourth-order valence-corrected chi connectivity index (χ4v) is 5.13. The topological polar surface area (TPSA) is 73.2 Å². The second-order valence-corrected chi connectivity index (χ2v) is 9.68. The highest BCUT2D eigenvalue weighted by Crippen LogP contribution is 2.35. The molecule has 0 unspecified atom stereocenters. The molecule has 9 heteroatoms. The van der Waals surface area contributed by atoms with Crippen LogP contribution in [0, 0.1) is 5.92 Å².